The van der Waals surface area contributed by atoms with E-state index in [2.05, 4.69) is 280 Å². The van der Waals surface area contributed by atoms with Gasteiger partial charge < -0.3 is 14.7 Å². The minimum Gasteiger partial charge on any atom is -0.330 e. The maximum absolute atomic E-state index is 4.94. The third-order valence-corrected chi connectivity index (χ3v) is 19.8. The third kappa shape index (κ3) is 7.27. The molecule has 4 aliphatic heterocycles. The van der Waals surface area contributed by atoms with Crippen molar-refractivity contribution >= 4 is 74.8 Å². The van der Waals surface area contributed by atoms with E-state index in [1.165, 1.54) is 135 Å². The molecule has 6 aliphatic rings. The summed E-state index contributed by atoms with van der Waals surface area (Å²) in [6.45, 7) is 12.1. The van der Waals surface area contributed by atoms with Crippen molar-refractivity contribution in [2.75, 3.05) is 14.7 Å². The smallest absolute Gasteiger partial charge is 0.252 e. The van der Waals surface area contributed by atoms with Crippen molar-refractivity contribution in [1.82, 2.24) is 0 Å². The summed E-state index contributed by atoms with van der Waals surface area (Å²) in [5.41, 5.74) is 29.9. The fourth-order valence-electron chi connectivity index (χ4n) is 15.5. The molecule has 3 unspecified atom stereocenters. The van der Waals surface area contributed by atoms with Crippen LogP contribution in [0.1, 0.15) is 92.4 Å². The number of anilines is 8. The van der Waals surface area contributed by atoms with Crippen LogP contribution in [0.25, 0.3) is 33.4 Å². The Balaban J connectivity index is 1.05. The Morgan fingerprint density at radius 1 is 0.476 bits per heavy atom. The number of hydrogen-bond acceptors (Lipinski definition) is 4. The van der Waals surface area contributed by atoms with Crippen molar-refractivity contribution in [3.05, 3.63) is 269 Å². The number of aliphatic imine (C=N–C) groups is 1. The molecule has 16 rings (SSSR count). The molecule has 82 heavy (non-hydrogen) atoms. The molecular weight excluding hydrogens is 992 g/mol. The first-order chi connectivity index (χ1) is 40.0. The molecule has 0 bridgehead atoms. The molecule has 396 valence electrons. The van der Waals surface area contributed by atoms with Crippen LogP contribution in [0, 0.1) is 0 Å². The van der Waals surface area contributed by atoms with E-state index >= 15 is 0 Å². The third-order valence-electron chi connectivity index (χ3n) is 19.8. The van der Waals surface area contributed by atoms with Crippen molar-refractivity contribution in [2.45, 2.75) is 89.1 Å². The van der Waals surface area contributed by atoms with Crippen molar-refractivity contribution in [3.8, 4) is 33.4 Å². The second-order valence-electron chi connectivity index (χ2n) is 25.2. The molecule has 0 N–H and O–H groups in total. The number of benzene rings is 10. The van der Waals surface area contributed by atoms with E-state index in [-0.39, 0.29) is 23.6 Å². The van der Waals surface area contributed by atoms with E-state index in [4.69, 9.17) is 4.99 Å². The van der Waals surface area contributed by atoms with Crippen LogP contribution in [0.4, 0.5) is 45.5 Å². The Morgan fingerprint density at radius 2 is 1.13 bits per heavy atom. The first-order valence-electron chi connectivity index (χ1n) is 29.8. The molecule has 0 radical (unpaired) electrons. The number of fused-ring (bicyclic) bond motifs is 10. The maximum Gasteiger partial charge on any atom is 0.252 e. The zero-order chi connectivity index (χ0) is 55.1. The molecule has 2 aliphatic carbocycles. The summed E-state index contributed by atoms with van der Waals surface area (Å²) >= 11 is 0. The highest BCUT2D eigenvalue weighted by atomic mass is 15.3. The molecule has 4 nitrogen and oxygen atoms in total. The van der Waals surface area contributed by atoms with Crippen LogP contribution in [0.5, 0.6) is 0 Å². The van der Waals surface area contributed by atoms with Gasteiger partial charge in [-0.2, -0.15) is 0 Å². The van der Waals surface area contributed by atoms with E-state index in [0.29, 0.717) is 0 Å². The summed E-state index contributed by atoms with van der Waals surface area (Å²) < 4.78 is 0. The van der Waals surface area contributed by atoms with Crippen LogP contribution >= 0.6 is 0 Å². The van der Waals surface area contributed by atoms with Gasteiger partial charge in [0.05, 0.1) is 17.3 Å². The van der Waals surface area contributed by atoms with E-state index in [9.17, 15) is 0 Å². The fourth-order valence-corrected chi connectivity index (χ4v) is 15.5. The van der Waals surface area contributed by atoms with E-state index in [1.807, 2.05) is 6.21 Å². The standard InChI is InChI=1S/C77H65BN4/c1-75(2,3)59-35-38-68(62(47-59)52-24-13-8-14-25-52)81-71-45-56-28-17-27-55(56)44-66(71)78-65-36-33-57(51-22-11-7-12-23-51)46-70(65)80(60-30-18-29-54(42-60)50-20-9-6-10-21-50)72-48-61(49-73(81)74(72)78)82-69-37-34-58(67-32-19-41-79-67)43-64(69)76(4)40-39-53-26-15-16-31-63(53)77(76,82)5/h6-16,18-26,29-38,41-49,67H,17,27-28,39-40H2,1-5H3. The predicted octanol–water partition coefficient (Wildman–Crippen LogP) is 17.5. The Labute approximate surface area is 483 Å². The average molecular weight is 1060 g/mol. The Hall–Kier alpha value is -8.93. The molecule has 10 aromatic carbocycles. The summed E-state index contributed by atoms with van der Waals surface area (Å²) in [5, 5.41) is 0. The van der Waals surface area contributed by atoms with Gasteiger partial charge in [0.2, 0.25) is 0 Å². The van der Waals surface area contributed by atoms with Gasteiger partial charge in [0.15, 0.2) is 0 Å². The van der Waals surface area contributed by atoms with Crippen LogP contribution in [0.15, 0.2) is 236 Å². The fraction of sp³-hybridized carbons (Fsp3) is 0.182. The predicted molar refractivity (Wildman–Crippen MR) is 346 cm³/mol. The van der Waals surface area contributed by atoms with Crippen LogP contribution in [-0.4, -0.2) is 12.9 Å². The molecule has 3 atom stereocenters. The number of hydrogen-bond donors (Lipinski definition) is 0. The summed E-state index contributed by atoms with van der Waals surface area (Å²) in [5.74, 6) is 0. The summed E-state index contributed by atoms with van der Waals surface area (Å²) in [4.78, 5) is 13.1. The topological polar surface area (TPSA) is 22.1 Å². The van der Waals surface area contributed by atoms with Gasteiger partial charge in [-0.15, -0.1) is 0 Å². The number of allylic oxidation sites excluding steroid dienone is 1. The van der Waals surface area contributed by atoms with Gasteiger partial charge in [0, 0.05) is 57.0 Å². The van der Waals surface area contributed by atoms with Crippen molar-refractivity contribution < 1.29 is 0 Å². The van der Waals surface area contributed by atoms with E-state index < -0.39 is 5.54 Å². The second-order valence-corrected chi connectivity index (χ2v) is 25.2. The van der Waals surface area contributed by atoms with Gasteiger partial charge in [0.25, 0.3) is 6.71 Å². The minimum atomic E-state index is -0.467. The minimum absolute atomic E-state index is 0.00910. The highest BCUT2D eigenvalue weighted by Crippen LogP contribution is 2.65. The average Bonchev–Trinajstić information content (AvgIpc) is 2.87. The van der Waals surface area contributed by atoms with Crippen molar-refractivity contribution in [1.29, 1.82) is 0 Å². The van der Waals surface area contributed by atoms with Crippen LogP contribution < -0.4 is 31.1 Å². The summed E-state index contributed by atoms with van der Waals surface area (Å²) in [6.07, 6.45) is 11.7. The highest BCUT2D eigenvalue weighted by Gasteiger charge is 2.60. The molecule has 0 fully saturated rings. The molecule has 5 heteroatoms. The highest BCUT2D eigenvalue weighted by molar-refractivity contribution is 7.00. The van der Waals surface area contributed by atoms with Crippen LogP contribution in [0.3, 0.4) is 0 Å². The number of nitrogens with zero attached hydrogens (tertiary/aromatic N) is 4. The van der Waals surface area contributed by atoms with Gasteiger partial charge in [-0.25, -0.2) is 0 Å². The molecule has 0 amide bonds. The van der Waals surface area contributed by atoms with E-state index in [0.717, 1.165) is 31.4 Å². The summed E-state index contributed by atoms with van der Waals surface area (Å²) in [6, 6.07) is 84.1. The summed E-state index contributed by atoms with van der Waals surface area (Å²) in [7, 11) is 0. The first-order valence-corrected chi connectivity index (χ1v) is 29.8. The van der Waals surface area contributed by atoms with Gasteiger partial charge >= 0.3 is 0 Å². The quantitative estimate of drug-likeness (QED) is 0.149. The van der Waals surface area contributed by atoms with Crippen molar-refractivity contribution in [2.24, 2.45) is 4.99 Å². The molecule has 0 aromatic heterocycles. The van der Waals surface area contributed by atoms with Gasteiger partial charge in [-0.05, 0) is 188 Å². The number of rotatable bonds is 7. The largest absolute Gasteiger partial charge is 0.330 e. The van der Waals surface area contributed by atoms with Gasteiger partial charge in [0.1, 0.15) is 0 Å². The molecule has 4 heterocycles. The maximum atomic E-state index is 4.94. The van der Waals surface area contributed by atoms with Gasteiger partial charge in [-0.1, -0.05) is 198 Å². The molecule has 0 saturated heterocycles. The lowest BCUT2D eigenvalue weighted by atomic mass is 9.33. The lowest BCUT2D eigenvalue weighted by Gasteiger charge is -2.52. The second kappa shape index (κ2) is 18.3. The normalized spacial score (nSPS) is 19.5. The zero-order valence-corrected chi connectivity index (χ0v) is 47.5. The van der Waals surface area contributed by atoms with Gasteiger partial charge in [-0.3, -0.25) is 4.99 Å². The molecule has 0 saturated carbocycles. The zero-order valence-electron chi connectivity index (χ0n) is 47.5. The Morgan fingerprint density at radius 3 is 1.87 bits per heavy atom. The SMILES string of the molecule is CC(C)(C)c1ccc(N2c3cc4c(cc3B3c5ccc(-c6ccccc6)cc5N(c5cccc(-c6ccccc6)c5)c5cc(N6c7ccc(C8C=CC=N8)cc7C7(C)CCc8ccccc8C67C)cc2c53)CCC4)c(-c2ccccc2)c1. The van der Waals surface area contributed by atoms with Crippen LogP contribution in [0.2, 0.25) is 0 Å². The molecule has 0 spiro atoms. The van der Waals surface area contributed by atoms with Crippen molar-refractivity contribution in [3.63, 3.8) is 0 Å². The molecular formula is C77H65BN4. The van der Waals surface area contributed by atoms with Crippen LogP contribution in [-0.2, 0) is 35.6 Å². The Kier molecular flexibility index (Phi) is 10.9. The number of aryl methyl sites for hydroxylation is 3. The molecule has 10 aromatic rings. The first kappa shape index (κ1) is 48.9. The van der Waals surface area contributed by atoms with E-state index in [1.54, 1.807) is 0 Å². The lowest BCUT2D eigenvalue weighted by Crippen LogP contribution is -2.61. The Bertz CT molecular complexity index is 4290. The lowest BCUT2D eigenvalue weighted by molar-refractivity contribution is 0.245. The monoisotopic (exact) mass is 1060 g/mol.